The van der Waals surface area contributed by atoms with Gasteiger partial charge >= 0.3 is 0 Å². The highest BCUT2D eigenvalue weighted by molar-refractivity contribution is 6.01. The fourth-order valence-electron chi connectivity index (χ4n) is 1.37. The second-order valence-electron chi connectivity index (χ2n) is 3.73. The number of rotatable bonds is 4. The summed E-state index contributed by atoms with van der Waals surface area (Å²) in [4.78, 5) is 21.9. The van der Waals surface area contributed by atoms with Crippen LogP contribution in [-0.4, -0.2) is 16.9 Å². The van der Waals surface area contributed by atoms with E-state index < -0.39 is 10.8 Å². The zero-order valence-corrected chi connectivity index (χ0v) is 9.56. The number of hydrogen-bond acceptors (Lipinski definition) is 5. The lowest BCUT2D eigenvalue weighted by Gasteiger charge is -2.11. The lowest BCUT2D eigenvalue weighted by molar-refractivity contribution is -0.384. The molecular formula is C10H14N4O3. The predicted molar refractivity (Wildman–Crippen MR) is 63.5 cm³/mol. The molecule has 1 amide bonds. The second-order valence-corrected chi connectivity index (χ2v) is 3.73. The van der Waals surface area contributed by atoms with Gasteiger partial charge in [-0.3, -0.25) is 20.8 Å². The monoisotopic (exact) mass is 238 g/mol. The Morgan fingerprint density at radius 3 is 2.59 bits per heavy atom. The number of nitrogen functional groups attached to an aromatic ring is 1. The van der Waals surface area contributed by atoms with E-state index in [1.54, 1.807) is 13.8 Å². The van der Waals surface area contributed by atoms with Gasteiger partial charge in [-0.05, 0) is 19.9 Å². The van der Waals surface area contributed by atoms with Crippen molar-refractivity contribution in [3.05, 3.63) is 33.9 Å². The Hall–Kier alpha value is -2.15. The van der Waals surface area contributed by atoms with Crippen LogP contribution in [0, 0.1) is 10.1 Å². The number of nitrogens with zero attached hydrogens (tertiary/aromatic N) is 1. The minimum Gasteiger partial charge on any atom is -0.350 e. The number of carbonyl (C=O) groups excluding carboxylic acids is 1. The first-order valence-corrected chi connectivity index (χ1v) is 5.02. The number of carbonyl (C=O) groups is 1. The molecule has 7 heteroatoms. The Balaban J connectivity index is 3.20. The summed E-state index contributed by atoms with van der Waals surface area (Å²) in [7, 11) is 0. The Bertz CT molecular complexity index is 445. The van der Waals surface area contributed by atoms with Crippen molar-refractivity contribution in [1.29, 1.82) is 0 Å². The van der Waals surface area contributed by atoms with E-state index in [9.17, 15) is 14.9 Å². The van der Waals surface area contributed by atoms with Crippen LogP contribution in [-0.2, 0) is 0 Å². The molecule has 0 aliphatic heterocycles. The van der Waals surface area contributed by atoms with E-state index >= 15 is 0 Å². The lowest BCUT2D eigenvalue weighted by atomic mass is 10.1. The number of amides is 1. The number of benzene rings is 1. The summed E-state index contributed by atoms with van der Waals surface area (Å²) in [6.45, 7) is 3.59. The first-order chi connectivity index (χ1) is 7.97. The number of nitrogens with two attached hydrogens (primary N) is 1. The number of nitro groups is 1. The van der Waals surface area contributed by atoms with Crippen molar-refractivity contribution in [1.82, 2.24) is 5.32 Å². The van der Waals surface area contributed by atoms with Crippen molar-refractivity contribution in [2.75, 3.05) is 5.43 Å². The first kappa shape index (κ1) is 12.9. The normalized spacial score (nSPS) is 10.1. The molecular weight excluding hydrogens is 224 g/mol. The molecule has 0 radical (unpaired) electrons. The number of para-hydroxylation sites is 1. The van der Waals surface area contributed by atoms with Crippen LogP contribution >= 0.6 is 0 Å². The molecule has 0 atom stereocenters. The minimum atomic E-state index is -0.596. The third-order valence-corrected chi connectivity index (χ3v) is 2.05. The fraction of sp³-hybridized carbons (Fsp3) is 0.300. The largest absolute Gasteiger partial charge is 0.350 e. The summed E-state index contributed by atoms with van der Waals surface area (Å²) in [5, 5.41) is 13.4. The molecule has 1 aromatic rings. The number of hydrogen-bond donors (Lipinski definition) is 3. The maximum atomic E-state index is 11.8. The van der Waals surface area contributed by atoms with Gasteiger partial charge in [0.15, 0.2) is 0 Å². The molecule has 0 saturated heterocycles. The molecule has 0 aliphatic rings. The summed E-state index contributed by atoms with van der Waals surface area (Å²) in [6.07, 6.45) is 0. The first-order valence-electron chi connectivity index (χ1n) is 5.02. The van der Waals surface area contributed by atoms with E-state index in [2.05, 4.69) is 10.7 Å². The molecule has 4 N–H and O–H groups in total. The quantitative estimate of drug-likeness (QED) is 0.412. The average Bonchev–Trinajstić information content (AvgIpc) is 2.26. The fourth-order valence-corrected chi connectivity index (χ4v) is 1.37. The minimum absolute atomic E-state index is 0.00986. The molecule has 1 rings (SSSR count). The van der Waals surface area contributed by atoms with Gasteiger partial charge in [-0.15, -0.1) is 0 Å². The van der Waals surface area contributed by atoms with Crippen LogP contribution in [0.25, 0.3) is 0 Å². The van der Waals surface area contributed by atoms with Crippen LogP contribution in [0.4, 0.5) is 11.4 Å². The molecule has 0 aromatic heterocycles. The van der Waals surface area contributed by atoms with Crippen LogP contribution in [0.15, 0.2) is 18.2 Å². The van der Waals surface area contributed by atoms with E-state index in [4.69, 9.17) is 5.84 Å². The maximum Gasteiger partial charge on any atom is 0.294 e. The SMILES string of the molecule is CC(C)NC(=O)c1cccc([N+](=O)[O-])c1NN. The second kappa shape index (κ2) is 5.26. The summed E-state index contributed by atoms with van der Waals surface area (Å²) in [6, 6.07) is 4.13. The molecule has 17 heavy (non-hydrogen) atoms. The smallest absolute Gasteiger partial charge is 0.294 e. The number of hydrazine groups is 1. The summed E-state index contributed by atoms with van der Waals surface area (Å²) in [5.41, 5.74) is 2.12. The average molecular weight is 238 g/mol. The van der Waals surface area contributed by atoms with Gasteiger partial charge in [-0.25, -0.2) is 0 Å². The van der Waals surface area contributed by atoms with Gasteiger partial charge in [0.2, 0.25) is 0 Å². The van der Waals surface area contributed by atoms with Gasteiger partial charge in [0.25, 0.3) is 11.6 Å². The van der Waals surface area contributed by atoms with Gasteiger partial charge in [0.05, 0.1) is 10.5 Å². The molecule has 92 valence electrons. The van der Waals surface area contributed by atoms with Crippen LogP contribution in [0.2, 0.25) is 0 Å². The topological polar surface area (TPSA) is 110 Å². The molecule has 1 aromatic carbocycles. The number of nitro benzene ring substituents is 1. The van der Waals surface area contributed by atoms with Gasteiger partial charge in [0, 0.05) is 12.1 Å². The zero-order chi connectivity index (χ0) is 13.0. The summed E-state index contributed by atoms with van der Waals surface area (Å²) in [5.74, 6) is 4.82. The van der Waals surface area contributed by atoms with Gasteiger partial charge in [-0.1, -0.05) is 6.07 Å². The van der Waals surface area contributed by atoms with E-state index in [-0.39, 0.29) is 23.0 Å². The van der Waals surface area contributed by atoms with Gasteiger partial charge < -0.3 is 10.7 Å². The third kappa shape index (κ3) is 2.91. The van der Waals surface area contributed by atoms with Crippen LogP contribution < -0.4 is 16.6 Å². The van der Waals surface area contributed by atoms with Gasteiger partial charge in [-0.2, -0.15) is 0 Å². The summed E-state index contributed by atoms with van der Waals surface area (Å²) >= 11 is 0. The van der Waals surface area contributed by atoms with Crippen molar-refractivity contribution in [2.24, 2.45) is 5.84 Å². The number of anilines is 1. The molecule has 0 bridgehead atoms. The van der Waals surface area contributed by atoms with Crippen LogP contribution in [0.1, 0.15) is 24.2 Å². The van der Waals surface area contributed by atoms with Crippen LogP contribution in [0.3, 0.4) is 0 Å². The van der Waals surface area contributed by atoms with Crippen molar-refractivity contribution < 1.29 is 9.72 Å². The van der Waals surface area contributed by atoms with E-state index in [1.807, 2.05) is 0 Å². The predicted octanol–water partition coefficient (Wildman–Crippen LogP) is 1.02. The van der Waals surface area contributed by atoms with Crippen molar-refractivity contribution in [3.8, 4) is 0 Å². The molecule has 0 saturated carbocycles. The zero-order valence-electron chi connectivity index (χ0n) is 9.56. The van der Waals surface area contributed by atoms with E-state index in [0.29, 0.717) is 0 Å². The molecule has 0 unspecified atom stereocenters. The number of nitrogens with one attached hydrogen (secondary N) is 2. The highest BCUT2D eigenvalue weighted by atomic mass is 16.6. The van der Waals surface area contributed by atoms with E-state index in [0.717, 1.165) is 0 Å². The molecule has 0 heterocycles. The van der Waals surface area contributed by atoms with Crippen molar-refractivity contribution in [3.63, 3.8) is 0 Å². The maximum absolute atomic E-state index is 11.8. The third-order valence-electron chi connectivity index (χ3n) is 2.05. The van der Waals surface area contributed by atoms with Crippen molar-refractivity contribution in [2.45, 2.75) is 19.9 Å². The molecule has 0 fully saturated rings. The molecule has 0 spiro atoms. The van der Waals surface area contributed by atoms with Crippen LogP contribution in [0.5, 0.6) is 0 Å². The Labute approximate surface area is 98.1 Å². The van der Waals surface area contributed by atoms with E-state index in [1.165, 1.54) is 18.2 Å². The Kier molecular flexibility index (Phi) is 4.00. The standard InChI is InChI=1S/C10H14N4O3/c1-6(2)12-10(15)7-4-3-5-8(14(16)17)9(7)13-11/h3-6,13H,11H2,1-2H3,(H,12,15). The van der Waals surface area contributed by atoms with Crippen molar-refractivity contribution >= 4 is 17.3 Å². The molecule has 0 aliphatic carbocycles. The Morgan fingerprint density at radius 2 is 2.12 bits per heavy atom. The highest BCUT2D eigenvalue weighted by Crippen LogP contribution is 2.27. The molecule has 7 nitrogen and oxygen atoms in total. The van der Waals surface area contributed by atoms with Gasteiger partial charge in [0.1, 0.15) is 5.69 Å². The lowest BCUT2D eigenvalue weighted by Crippen LogP contribution is -2.31. The summed E-state index contributed by atoms with van der Waals surface area (Å²) < 4.78 is 0. The Morgan fingerprint density at radius 1 is 1.47 bits per heavy atom. The highest BCUT2D eigenvalue weighted by Gasteiger charge is 2.20.